The fourth-order valence-corrected chi connectivity index (χ4v) is 4.31. The third-order valence-corrected chi connectivity index (χ3v) is 6.63. The van der Waals surface area contributed by atoms with Crippen LogP contribution < -0.4 is 10.6 Å². The molecule has 0 aromatic heterocycles. The van der Waals surface area contributed by atoms with E-state index in [1.807, 2.05) is 34.1 Å². The van der Waals surface area contributed by atoms with Crippen LogP contribution >= 0.6 is 0 Å². The van der Waals surface area contributed by atoms with E-state index in [-0.39, 0.29) is 24.1 Å². The number of rotatable bonds is 2. The molecule has 0 unspecified atom stereocenters. The predicted molar refractivity (Wildman–Crippen MR) is 114 cm³/mol. The summed E-state index contributed by atoms with van der Waals surface area (Å²) in [5, 5.41) is 5.99. The Bertz CT molecular complexity index is 652. The summed E-state index contributed by atoms with van der Waals surface area (Å²) < 4.78 is 0. The van der Waals surface area contributed by atoms with Gasteiger partial charge in [0.1, 0.15) is 0 Å². The van der Waals surface area contributed by atoms with Crippen LogP contribution in [-0.2, 0) is 0 Å². The van der Waals surface area contributed by atoms with Crippen molar-refractivity contribution in [2.24, 2.45) is 11.8 Å². The SMILES string of the molecule is C[C@@H]1CCCN(C(=O)Nc2cccc(NC(=O)N3CCC[C@H](C)[C@@H]3C)c2)[C@@H]1C. The highest BCUT2D eigenvalue weighted by Gasteiger charge is 2.29. The Kier molecular flexibility index (Phi) is 6.47. The van der Waals surface area contributed by atoms with Crippen LogP contribution in [0.2, 0.25) is 0 Å². The van der Waals surface area contributed by atoms with E-state index >= 15 is 0 Å². The van der Waals surface area contributed by atoms with Crippen molar-refractivity contribution in [3.63, 3.8) is 0 Å². The number of benzene rings is 1. The van der Waals surface area contributed by atoms with Crippen molar-refractivity contribution in [1.29, 1.82) is 0 Å². The molecule has 2 N–H and O–H groups in total. The second kappa shape index (κ2) is 8.84. The first kappa shape index (κ1) is 20.5. The van der Waals surface area contributed by atoms with Crippen LogP contribution in [0.15, 0.2) is 24.3 Å². The Morgan fingerprint density at radius 2 is 1.25 bits per heavy atom. The fourth-order valence-electron chi connectivity index (χ4n) is 4.31. The minimum atomic E-state index is -0.0685. The molecule has 28 heavy (non-hydrogen) atoms. The van der Waals surface area contributed by atoms with E-state index < -0.39 is 0 Å². The van der Waals surface area contributed by atoms with Gasteiger partial charge in [-0.25, -0.2) is 9.59 Å². The van der Waals surface area contributed by atoms with Gasteiger partial charge in [-0.1, -0.05) is 19.9 Å². The van der Waals surface area contributed by atoms with Crippen LogP contribution in [-0.4, -0.2) is 47.0 Å². The molecule has 0 aliphatic carbocycles. The highest BCUT2D eigenvalue weighted by atomic mass is 16.2. The van der Waals surface area contributed by atoms with Gasteiger partial charge in [-0.2, -0.15) is 0 Å². The number of carbonyl (C=O) groups excluding carboxylic acids is 2. The van der Waals surface area contributed by atoms with E-state index in [1.165, 1.54) is 12.8 Å². The van der Waals surface area contributed by atoms with E-state index in [9.17, 15) is 9.59 Å². The molecule has 2 aliphatic heterocycles. The lowest BCUT2D eigenvalue weighted by atomic mass is 9.92. The van der Waals surface area contributed by atoms with Crippen molar-refractivity contribution >= 4 is 23.4 Å². The first-order chi connectivity index (χ1) is 13.4. The summed E-state index contributed by atoms with van der Waals surface area (Å²) in [6.45, 7) is 10.2. The summed E-state index contributed by atoms with van der Waals surface area (Å²) in [5.41, 5.74) is 1.40. The van der Waals surface area contributed by atoms with Crippen LogP contribution in [0.4, 0.5) is 21.0 Å². The molecule has 1 aromatic rings. The van der Waals surface area contributed by atoms with Gasteiger partial charge in [0.15, 0.2) is 0 Å². The highest BCUT2D eigenvalue weighted by Crippen LogP contribution is 2.26. The molecule has 6 nitrogen and oxygen atoms in total. The lowest BCUT2D eigenvalue weighted by molar-refractivity contribution is 0.138. The van der Waals surface area contributed by atoms with Gasteiger partial charge < -0.3 is 20.4 Å². The topological polar surface area (TPSA) is 64.7 Å². The van der Waals surface area contributed by atoms with Gasteiger partial charge in [-0.3, -0.25) is 0 Å². The highest BCUT2D eigenvalue weighted by molar-refractivity contribution is 5.93. The molecule has 2 aliphatic rings. The Morgan fingerprint density at radius 1 is 0.821 bits per heavy atom. The van der Waals surface area contributed by atoms with Crippen molar-refractivity contribution < 1.29 is 9.59 Å². The Hall–Kier alpha value is -2.24. The van der Waals surface area contributed by atoms with Crippen LogP contribution in [0, 0.1) is 11.8 Å². The predicted octanol–water partition coefficient (Wildman–Crippen LogP) is 4.99. The van der Waals surface area contributed by atoms with Crippen LogP contribution in [0.25, 0.3) is 0 Å². The van der Waals surface area contributed by atoms with Gasteiger partial charge in [-0.15, -0.1) is 0 Å². The summed E-state index contributed by atoms with van der Waals surface area (Å²) in [4.78, 5) is 29.2. The number of urea groups is 2. The standard InChI is InChI=1S/C22H34N4O2/c1-15-8-6-12-25(17(15)3)21(27)23-19-10-5-11-20(14-19)24-22(28)26-13-7-9-16(2)18(26)4/h5,10-11,14-18H,6-9,12-13H2,1-4H3,(H,23,27)(H,24,28)/t15-,16+,17-,18+. The first-order valence-electron chi connectivity index (χ1n) is 10.6. The minimum absolute atomic E-state index is 0.0685. The van der Waals surface area contributed by atoms with Gasteiger partial charge in [0.2, 0.25) is 0 Å². The van der Waals surface area contributed by atoms with Gasteiger partial charge in [0, 0.05) is 36.5 Å². The van der Waals surface area contributed by atoms with Gasteiger partial charge in [-0.05, 0) is 69.6 Å². The second-order valence-corrected chi connectivity index (χ2v) is 8.55. The lowest BCUT2D eigenvalue weighted by Crippen LogP contribution is -2.48. The molecule has 0 saturated carbocycles. The maximum atomic E-state index is 12.7. The third kappa shape index (κ3) is 4.59. The van der Waals surface area contributed by atoms with Crippen molar-refractivity contribution in [1.82, 2.24) is 9.80 Å². The quantitative estimate of drug-likeness (QED) is 0.752. The van der Waals surface area contributed by atoms with Crippen molar-refractivity contribution in [3.05, 3.63) is 24.3 Å². The number of amides is 4. The Balaban J connectivity index is 1.62. The molecule has 2 heterocycles. The molecular weight excluding hydrogens is 352 g/mol. The summed E-state index contributed by atoms with van der Waals surface area (Å²) in [6, 6.07) is 7.73. The zero-order chi connectivity index (χ0) is 20.3. The monoisotopic (exact) mass is 386 g/mol. The zero-order valence-corrected chi connectivity index (χ0v) is 17.6. The number of anilines is 2. The van der Waals surface area contributed by atoms with Gasteiger partial charge >= 0.3 is 12.1 Å². The largest absolute Gasteiger partial charge is 0.322 e. The van der Waals surface area contributed by atoms with E-state index in [4.69, 9.17) is 0 Å². The van der Waals surface area contributed by atoms with Crippen LogP contribution in [0.3, 0.4) is 0 Å². The average Bonchev–Trinajstić information content (AvgIpc) is 2.66. The number of piperidine rings is 2. The second-order valence-electron chi connectivity index (χ2n) is 8.55. The molecule has 2 saturated heterocycles. The number of likely N-dealkylation sites (tertiary alicyclic amines) is 2. The molecule has 4 amide bonds. The normalized spacial score (nSPS) is 28.0. The number of nitrogens with one attached hydrogen (secondary N) is 2. The minimum Gasteiger partial charge on any atom is -0.322 e. The molecular formula is C22H34N4O2. The smallest absolute Gasteiger partial charge is 0.322 e. The van der Waals surface area contributed by atoms with E-state index in [2.05, 4.69) is 38.3 Å². The lowest BCUT2D eigenvalue weighted by Gasteiger charge is -2.38. The first-order valence-corrected chi connectivity index (χ1v) is 10.6. The molecule has 4 atom stereocenters. The maximum Gasteiger partial charge on any atom is 0.322 e. The number of carbonyl (C=O) groups is 2. The zero-order valence-electron chi connectivity index (χ0n) is 17.6. The van der Waals surface area contributed by atoms with E-state index in [1.54, 1.807) is 0 Å². The van der Waals surface area contributed by atoms with Crippen molar-refractivity contribution in [3.8, 4) is 0 Å². The van der Waals surface area contributed by atoms with Crippen LogP contribution in [0.5, 0.6) is 0 Å². The Labute approximate surface area is 168 Å². The molecule has 0 radical (unpaired) electrons. The number of hydrogen-bond donors (Lipinski definition) is 2. The molecule has 6 heteroatoms. The number of hydrogen-bond acceptors (Lipinski definition) is 2. The fraction of sp³-hybridized carbons (Fsp3) is 0.636. The molecule has 0 bridgehead atoms. The van der Waals surface area contributed by atoms with Crippen molar-refractivity contribution in [2.45, 2.75) is 65.5 Å². The third-order valence-electron chi connectivity index (χ3n) is 6.63. The molecule has 1 aromatic carbocycles. The van der Waals surface area contributed by atoms with E-state index in [0.717, 1.165) is 25.9 Å². The van der Waals surface area contributed by atoms with E-state index in [0.29, 0.717) is 23.2 Å². The molecule has 0 spiro atoms. The summed E-state index contributed by atoms with van der Waals surface area (Å²) in [7, 11) is 0. The summed E-state index contributed by atoms with van der Waals surface area (Å²) in [6.07, 6.45) is 4.42. The summed E-state index contributed by atoms with van der Waals surface area (Å²) in [5.74, 6) is 1.03. The number of nitrogens with zero attached hydrogens (tertiary/aromatic N) is 2. The Morgan fingerprint density at radius 3 is 1.68 bits per heavy atom. The molecule has 3 rings (SSSR count). The van der Waals surface area contributed by atoms with Crippen LogP contribution in [0.1, 0.15) is 53.4 Å². The van der Waals surface area contributed by atoms with Gasteiger partial charge in [0.05, 0.1) is 0 Å². The summed E-state index contributed by atoms with van der Waals surface area (Å²) >= 11 is 0. The maximum absolute atomic E-state index is 12.7. The molecule has 2 fully saturated rings. The average molecular weight is 387 g/mol. The molecule has 154 valence electrons. The van der Waals surface area contributed by atoms with Gasteiger partial charge in [0.25, 0.3) is 0 Å². The van der Waals surface area contributed by atoms with Crippen molar-refractivity contribution in [2.75, 3.05) is 23.7 Å².